The summed E-state index contributed by atoms with van der Waals surface area (Å²) in [5.74, 6) is -0.870. The first-order chi connectivity index (χ1) is 7.75. The summed E-state index contributed by atoms with van der Waals surface area (Å²) in [4.78, 5) is 13.0. The van der Waals surface area contributed by atoms with Gasteiger partial charge in [-0.2, -0.15) is 0 Å². The van der Waals surface area contributed by atoms with E-state index in [1.54, 1.807) is 12.3 Å². The third kappa shape index (κ3) is 2.84. The van der Waals surface area contributed by atoms with Gasteiger partial charge in [0, 0.05) is 38.6 Å². The summed E-state index contributed by atoms with van der Waals surface area (Å²) in [6, 6.07) is 1.63. The van der Waals surface area contributed by atoms with Crippen molar-refractivity contribution >= 4 is 5.97 Å². The van der Waals surface area contributed by atoms with Crippen molar-refractivity contribution in [2.75, 3.05) is 32.8 Å². The van der Waals surface area contributed by atoms with Gasteiger partial charge in [-0.3, -0.25) is 4.90 Å². The molecule has 1 aliphatic heterocycles. The summed E-state index contributed by atoms with van der Waals surface area (Å²) in [6.45, 7) is 5.29. The highest BCUT2D eigenvalue weighted by Gasteiger charge is 2.10. The second-order valence-corrected chi connectivity index (χ2v) is 3.90. The molecular weight excluding hydrogens is 208 g/mol. The quantitative estimate of drug-likeness (QED) is 0.810. The molecule has 0 amide bonds. The van der Waals surface area contributed by atoms with Gasteiger partial charge in [0.05, 0.1) is 18.8 Å². The molecule has 2 heterocycles. The third-order valence-electron chi connectivity index (χ3n) is 2.78. The fraction of sp³-hybridized carbons (Fsp3) is 0.545. The van der Waals surface area contributed by atoms with Crippen molar-refractivity contribution < 1.29 is 14.6 Å². The molecule has 0 saturated carbocycles. The van der Waals surface area contributed by atoms with Gasteiger partial charge in [0.1, 0.15) is 0 Å². The maximum atomic E-state index is 10.7. The van der Waals surface area contributed by atoms with Gasteiger partial charge >= 0.3 is 5.97 Å². The molecule has 1 saturated heterocycles. The number of rotatable bonds is 4. The summed E-state index contributed by atoms with van der Waals surface area (Å²) in [7, 11) is 0. The zero-order chi connectivity index (χ0) is 11.4. The average molecular weight is 224 g/mol. The van der Waals surface area contributed by atoms with E-state index in [2.05, 4.69) is 4.90 Å². The highest BCUT2D eigenvalue weighted by Crippen LogP contribution is 2.02. The highest BCUT2D eigenvalue weighted by molar-refractivity contribution is 5.87. The molecule has 1 aromatic heterocycles. The SMILES string of the molecule is O=C(O)c1ccn(CCN2CCOCC2)c1. The number of carbonyl (C=O) groups is 1. The Morgan fingerprint density at radius 3 is 2.75 bits per heavy atom. The van der Waals surface area contributed by atoms with E-state index in [-0.39, 0.29) is 0 Å². The molecule has 0 aliphatic carbocycles. The third-order valence-corrected chi connectivity index (χ3v) is 2.78. The topological polar surface area (TPSA) is 54.7 Å². The van der Waals surface area contributed by atoms with Crippen LogP contribution in [0.2, 0.25) is 0 Å². The van der Waals surface area contributed by atoms with E-state index >= 15 is 0 Å². The average Bonchev–Trinajstić information content (AvgIpc) is 2.76. The van der Waals surface area contributed by atoms with Crippen LogP contribution in [0, 0.1) is 0 Å². The maximum absolute atomic E-state index is 10.7. The minimum absolute atomic E-state index is 0.349. The number of carboxylic acid groups (broad SMARTS) is 1. The highest BCUT2D eigenvalue weighted by atomic mass is 16.5. The van der Waals surface area contributed by atoms with Crippen molar-refractivity contribution in [2.24, 2.45) is 0 Å². The number of ether oxygens (including phenoxy) is 1. The minimum atomic E-state index is -0.870. The largest absolute Gasteiger partial charge is 0.478 e. The zero-order valence-electron chi connectivity index (χ0n) is 9.13. The van der Waals surface area contributed by atoms with Crippen LogP contribution in [0.15, 0.2) is 18.5 Å². The second-order valence-electron chi connectivity index (χ2n) is 3.90. The van der Waals surface area contributed by atoms with Crippen LogP contribution >= 0.6 is 0 Å². The lowest BCUT2D eigenvalue weighted by Crippen LogP contribution is -2.38. The van der Waals surface area contributed by atoms with E-state index in [4.69, 9.17) is 9.84 Å². The van der Waals surface area contributed by atoms with Crippen LogP contribution in [0.3, 0.4) is 0 Å². The molecular formula is C11H16N2O3. The minimum Gasteiger partial charge on any atom is -0.478 e. The van der Waals surface area contributed by atoms with Gasteiger partial charge in [0.2, 0.25) is 0 Å². The van der Waals surface area contributed by atoms with Crippen molar-refractivity contribution in [3.8, 4) is 0 Å². The van der Waals surface area contributed by atoms with Crippen LogP contribution in [0.1, 0.15) is 10.4 Å². The molecule has 1 aliphatic rings. The number of hydrogen-bond acceptors (Lipinski definition) is 3. The van der Waals surface area contributed by atoms with Gasteiger partial charge in [-0.25, -0.2) is 4.79 Å². The molecule has 88 valence electrons. The first kappa shape index (κ1) is 11.2. The Bertz CT molecular complexity index is 356. The van der Waals surface area contributed by atoms with Crippen molar-refractivity contribution in [2.45, 2.75) is 6.54 Å². The molecule has 1 N–H and O–H groups in total. The standard InChI is InChI=1S/C11H16N2O3/c14-11(15)10-1-2-13(9-10)4-3-12-5-7-16-8-6-12/h1-2,9H,3-8H2,(H,14,15). The van der Waals surface area contributed by atoms with E-state index in [9.17, 15) is 4.79 Å². The van der Waals surface area contributed by atoms with Crippen LogP contribution < -0.4 is 0 Å². The Balaban J connectivity index is 1.81. The number of hydrogen-bond donors (Lipinski definition) is 1. The van der Waals surface area contributed by atoms with Gasteiger partial charge < -0.3 is 14.4 Å². The predicted octanol–water partition coefficient (Wildman–Crippen LogP) is 0.518. The summed E-state index contributed by atoms with van der Waals surface area (Å²) in [6.07, 6.45) is 3.48. The van der Waals surface area contributed by atoms with Crippen molar-refractivity contribution in [1.29, 1.82) is 0 Å². The fourth-order valence-corrected chi connectivity index (χ4v) is 1.79. The van der Waals surface area contributed by atoms with E-state index < -0.39 is 5.97 Å². The molecule has 0 bridgehead atoms. The normalized spacial score (nSPS) is 17.5. The van der Waals surface area contributed by atoms with Crippen LogP contribution in [0.4, 0.5) is 0 Å². The summed E-state index contributed by atoms with van der Waals surface area (Å²) in [5, 5.41) is 8.77. The van der Waals surface area contributed by atoms with Crippen molar-refractivity contribution in [1.82, 2.24) is 9.47 Å². The molecule has 0 atom stereocenters. The first-order valence-electron chi connectivity index (χ1n) is 5.45. The monoisotopic (exact) mass is 224 g/mol. The van der Waals surface area contributed by atoms with Gasteiger partial charge in [0.25, 0.3) is 0 Å². The first-order valence-corrected chi connectivity index (χ1v) is 5.45. The molecule has 5 nitrogen and oxygen atoms in total. The number of morpholine rings is 1. The molecule has 0 spiro atoms. The fourth-order valence-electron chi connectivity index (χ4n) is 1.79. The molecule has 0 radical (unpaired) electrons. The van der Waals surface area contributed by atoms with Crippen LogP contribution in [-0.2, 0) is 11.3 Å². The van der Waals surface area contributed by atoms with Crippen LogP contribution in [0.5, 0.6) is 0 Å². The van der Waals surface area contributed by atoms with Crippen molar-refractivity contribution in [3.05, 3.63) is 24.0 Å². The van der Waals surface area contributed by atoms with Crippen LogP contribution in [0.25, 0.3) is 0 Å². The lowest BCUT2D eigenvalue weighted by molar-refractivity contribution is 0.0364. The molecule has 0 aromatic carbocycles. The van der Waals surface area contributed by atoms with Gasteiger partial charge in [-0.15, -0.1) is 0 Å². The molecule has 5 heteroatoms. The number of nitrogens with zero attached hydrogens (tertiary/aromatic N) is 2. The Labute approximate surface area is 94.2 Å². The van der Waals surface area contributed by atoms with E-state index in [1.165, 1.54) is 0 Å². The molecule has 16 heavy (non-hydrogen) atoms. The summed E-state index contributed by atoms with van der Waals surface area (Å²) >= 11 is 0. The molecule has 2 rings (SSSR count). The smallest absolute Gasteiger partial charge is 0.337 e. The van der Waals surface area contributed by atoms with E-state index in [1.807, 2.05) is 10.8 Å². The van der Waals surface area contributed by atoms with Gasteiger partial charge in [-0.1, -0.05) is 0 Å². The maximum Gasteiger partial charge on any atom is 0.337 e. The number of aromatic nitrogens is 1. The number of carboxylic acids is 1. The molecule has 1 aromatic rings. The lowest BCUT2D eigenvalue weighted by atomic mass is 10.3. The second kappa shape index (κ2) is 5.14. The predicted molar refractivity (Wildman–Crippen MR) is 58.7 cm³/mol. The Morgan fingerprint density at radius 1 is 1.38 bits per heavy atom. The Kier molecular flexibility index (Phi) is 3.58. The van der Waals surface area contributed by atoms with E-state index in [0.29, 0.717) is 5.56 Å². The lowest BCUT2D eigenvalue weighted by Gasteiger charge is -2.26. The van der Waals surface area contributed by atoms with E-state index in [0.717, 1.165) is 39.4 Å². The Morgan fingerprint density at radius 2 is 2.12 bits per heavy atom. The zero-order valence-corrected chi connectivity index (χ0v) is 9.13. The van der Waals surface area contributed by atoms with Crippen LogP contribution in [-0.4, -0.2) is 53.4 Å². The number of aromatic carboxylic acids is 1. The van der Waals surface area contributed by atoms with Gasteiger partial charge in [-0.05, 0) is 6.07 Å². The van der Waals surface area contributed by atoms with Crippen molar-refractivity contribution in [3.63, 3.8) is 0 Å². The van der Waals surface area contributed by atoms with Gasteiger partial charge in [0.15, 0.2) is 0 Å². The summed E-state index contributed by atoms with van der Waals surface area (Å²) in [5.41, 5.74) is 0.349. The molecule has 0 unspecified atom stereocenters. The molecule has 1 fully saturated rings. The summed E-state index contributed by atoms with van der Waals surface area (Å²) < 4.78 is 7.18. The Hall–Kier alpha value is -1.33.